The molecule has 0 spiro atoms. The van der Waals surface area contributed by atoms with Crippen LogP contribution in [0.3, 0.4) is 0 Å². The molecule has 24 heavy (non-hydrogen) atoms. The van der Waals surface area contributed by atoms with Gasteiger partial charge in [0.15, 0.2) is 0 Å². The van der Waals surface area contributed by atoms with E-state index in [4.69, 9.17) is 9.47 Å². The van der Waals surface area contributed by atoms with Gasteiger partial charge in [0, 0.05) is 18.4 Å². The fourth-order valence-electron chi connectivity index (χ4n) is 2.55. The summed E-state index contributed by atoms with van der Waals surface area (Å²) in [6.45, 7) is 4.28. The van der Waals surface area contributed by atoms with Crippen molar-refractivity contribution in [2.45, 2.75) is 52.7 Å². The fraction of sp³-hybridized carbons (Fsp3) is 0.400. The van der Waals surface area contributed by atoms with Crippen LogP contribution in [0, 0.1) is 0 Å². The second kappa shape index (κ2) is 9.06. The molecule has 0 saturated heterocycles. The highest BCUT2D eigenvalue weighted by atomic mass is 16.5. The maximum absolute atomic E-state index is 11.7. The topological polar surface area (TPSA) is 52.6 Å². The van der Waals surface area contributed by atoms with Crippen molar-refractivity contribution in [3.8, 4) is 0 Å². The fourth-order valence-corrected chi connectivity index (χ4v) is 2.55. The van der Waals surface area contributed by atoms with E-state index < -0.39 is 0 Å². The summed E-state index contributed by atoms with van der Waals surface area (Å²) in [6.07, 6.45) is 2.34. The van der Waals surface area contributed by atoms with Gasteiger partial charge in [-0.3, -0.25) is 9.59 Å². The number of benzene rings is 2. The van der Waals surface area contributed by atoms with Crippen molar-refractivity contribution < 1.29 is 19.1 Å². The lowest BCUT2D eigenvalue weighted by atomic mass is 10.00. The molecule has 2 aromatic carbocycles. The first-order valence-electron chi connectivity index (χ1n) is 8.46. The van der Waals surface area contributed by atoms with E-state index in [9.17, 15) is 9.59 Å². The van der Waals surface area contributed by atoms with Gasteiger partial charge in [0.05, 0.1) is 0 Å². The maximum Gasteiger partial charge on any atom is 0.306 e. The van der Waals surface area contributed by atoms with E-state index in [0.29, 0.717) is 12.8 Å². The van der Waals surface area contributed by atoms with E-state index in [0.717, 1.165) is 34.7 Å². The van der Waals surface area contributed by atoms with Crippen LogP contribution in [0.15, 0.2) is 36.4 Å². The first-order chi connectivity index (χ1) is 11.7. The Morgan fingerprint density at radius 3 is 2.12 bits per heavy atom. The zero-order valence-corrected chi connectivity index (χ0v) is 14.3. The van der Waals surface area contributed by atoms with Crippen LogP contribution in [0.25, 0.3) is 10.8 Å². The van der Waals surface area contributed by atoms with Gasteiger partial charge in [0.2, 0.25) is 0 Å². The van der Waals surface area contributed by atoms with E-state index in [1.54, 1.807) is 0 Å². The molecule has 0 N–H and O–H groups in total. The molecule has 0 saturated carbocycles. The molecule has 0 aliphatic heterocycles. The molecule has 0 amide bonds. The van der Waals surface area contributed by atoms with Crippen molar-refractivity contribution in [1.29, 1.82) is 0 Å². The second-order valence-corrected chi connectivity index (χ2v) is 5.75. The maximum atomic E-state index is 11.7. The molecule has 0 aromatic heterocycles. The minimum atomic E-state index is -0.209. The van der Waals surface area contributed by atoms with Crippen LogP contribution in [0.2, 0.25) is 0 Å². The summed E-state index contributed by atoms with van der Waals surface area (Å²) >= 11 is 0. The highest BCUT2D eigenvalue weighted by Crippen LogP contribution is 2.24. The number of ether oxygens (including phenoxy) is 2. The number of esters is 2. The molecule has 2 aromatic rings. The van der Waals surface area contributed by atoms with Gasteiger partial charge in [-0.05, 0) is 29.2 Å². The van der Waals surface area contributed by atoms with E-state index >= 15 is 0 Å². The Labute approximate surface area is 142 Å². The van der Waals surface area contributed by atoms with Crippen molar-refractivity contribution in [3.63, 3.8) is 0 Å². The third-order valence-electron chi connectivity index (χ3n) is 3.81. The Morgan fingerprint density at radius 1 is 0.833 bits per heavy atom. The minimum Gasteiger partial charge on any atom is -0.461 e. The lowest BCUT2D eigenvalue weighted by molar-refractivity contribution is -0.146. The quantitative estimate of drug-likeness (QED) is 0.668. The predicted molar refractivity (Wildman–Crippen MR) is 93.4 cm³/mol. The Hall–Kier alpha value is -2.36. The van der Waals surface area contributed by atoms with Crippen LogP contribution in [-0.2, 0) is 32.3 Å². The summed E-state index contributed by atoms with van der Waals surface area (Å²) in [7, 11) is 0. The van der Waals surface area contributed by atoms with E-state index in [2.05, 4.69) is 0 Å². The Bertz CT molecular complexity index is 706. The highest BCUT2D eigenvalue weighted by Gasteiger charge is 2.12. The van der Waals surface area contributed by atoms with Gasteiger partial charge in [0.25, 0.3) is 0 Å². The Morgan fingerprint density at radius 2 is 1.46 bits per heavy atom. The average Bonchev–Trinajstić information content (AvgIpc) is 2.58. The Kier molecular flexibility index (Phi) is 6.79. The number of carbonyl (C=O) groups is 2. The monoisotopic (exact) mass is 328 g/mol. The lowest BCUT2D eigenvalue weighted by Crippen LogP contribution is -2.09. The van der Waals surface area contributed by atoms with Gasteiger partial charge in [-0.1, -0.05) is 50.2 Å². The van der Waals surface area contributed by atoms with Crippen LogP contribution >= 0.6 is 0 Å². The smallest absolute Gasteiger partial charge is 0.306 e. The highest BCUT2D eigenvalue weighted by molar-refractivity contribution is 5.87. The SMILES string of the molecule is CCCC(=O)OCc1ccc2ccccc2c1COC(=O)CCC. The molecule has 0 fully saturated rings. The van der Waals surface area contributed by atoms with Gasteiger partial charge in [-0.2, -0.15) is 0 Å². The van der Waals surface area contributed by atoms with Gasteiger partial charge in [0.1, 0.15) is 13.2 Å². The van der Waals surface area contributed by atoms with Crippen LogP contribution in [0.1, 0.15) is 50.7 Å². The van der Waals surface area contributed by atoms with Gasteiger partial charge in [-0.15, -0.1) is 0 Å². The van der Waals surface area contributed by atoms with Gasteiger partial charge in [-0.25, -0.2) is 0 Å². The van der Waals surface area contributed by atoms with Crippen molar-refractivity contribution in [2.24, 2.45) is 0 Å². The number of hydrogen-bond donors (Lipinski definition) is 0. The van der Waals surface area contributed by atoms with Crippen molar-refractivity contribution in [1.82, 2.24) is 0 Å². The number of rotatable bonds is 8. The molecule has 0 aliphatic rings. The van der Waals surface area contributed by atoms with E-state index in [1.807, 2.05) is 50.2 Å². The molecular weight excluding hydrogens is 304 g/mol. The molecule has 4 heteroatoms. The summed E-state index contributed by atoms with van der Waals surface area (Å²) in [6, 6.07) is 11.9. The van der Waals surface area contributed by atoms with Gasteiger partial charge >= 0.3 is 11.9 Å². The zero-order chi connectivity index (χ0) is 17.4. The largest absolute Gasteiger partial charge is 0.461 e. The van der Waals surface area contributed by atoms with Crippen LogP contribution in [-0.4, -0.2) is 11.9 Å². The molecule has 0 radical (unpaired) electrons. The Balaban J connectivity index is 2.23. The average molecular weight is 328 g/mol. The number of fused-ring (bicyclic) bond motifs is 1. The number of hydrogen-bond acceptors (Lipinski definition) is 4. The molecule has 0 unspecified atom stereocenters. The molecule has 128 valence electrons. The van der Waals surface area contributed by atoms with E-state index in [-0.39, 0.29) is 25.2 Å². The molecule has 0 heterocycles. The van der Waals surface area contributed by atoms with Gasteiger partial charge < -0.3 is 9.47 Å². The summed E-state index contributed by atoms with van der Waals surface area (Å²) in [5, 5.41) is 2.09. The summed E-state index contributed by atoms with van der Waals surface area (Å²) < 4.78 is 10.7. The minimum absolute atomic E-state index is 0.195. The summed E-state index contributed by atoms with van der Waals surface area (Å²) in [4.78, 5) is 23.3. The first-order valence-corrected chi connectivity index (χ1v) is 8.46. The molecule has 0 bridgehead atoms. The molecular formula is C20H24O4. The van der Waals surface area contributed by atoms with Crippen molar-refractivity contribution in [3.05, 3.63) is 47.5 Å². The summed E-state index contributed by atoms with van der Waals surface area (Å²) in [5.41, 5.74) is 1.78. The third kappa shape index (κ3) is 4.82. The summed E-state index contributed by atoms with van der Waals surface area (Å²) in [5.74, 6) is -0.418. The zero-order valence-electron chi connectivity index (χ0n) is 14.3. The van der Waals surface area contributed by atoms with Crippen LogP contribution in [0.5, 0.6) is 0 Å². The third-order valence-corrected chi connectivity index (χ3v) is 3.81. The number of carbonyl (C=O) groups excluding carboxylic acids is 2. The lowest BCUT2D eigenvalue weighted by Gasteiger charge is -2.14. The molecule has 0 atom stereocenters. The predicted octanol–water partition coefficient (Wildman–Crippen LogP) is 4.53. The molecule has 2 rings (SSSR count). The van der Waals surface area contributed by atoms with Crippen molar-refractivity contribution >= 4 is 22.7 Å². The van der Waals surface area contributed by atoms with Crippen molar-refractivity contribution in [2.75, 3.05) is 0 Å². The standard InChI is InChI=1S/C20H24O4/c1-3-7-19(21)23-13-16-12-11-15-9-5-6-10-17(15)18(16)14-24-20(22)8-4-2/h5-6,9-12H,3-4,7-8,13-14H2,1-2H3. The van der Waals surface area contributed by atoms with E-state index in [1.165, 1.54) is 0 Å². The van der Waals surface area contributed by atoms with Crippen LogP contribution in [0.4, 0.5) is 0 Å². The first kappa shape index (κ1) is 18.0. The normalized spacial score (nSPS) is 10.6. The second-order valence-electron chi connectivity index (χ2n) is 5.75. The molecule has 0 aliphatic carbocycles. The molecule has 4 nitrogen and oxygen atoms in total. The van der Waals surface area contributed by atoms with Crippen LogP contribution < -0.4 is 0 Å².